The molecule has 2 aliphatic rings. The fraction of sp³-hybridized carbons (Fsp3) is 0.400. The number of carbonyl (C=O) groups is 2. The van der Waals surface area contributed by atoms with E-state index >= 15 is 0 Å². The minimum absolute atomic E-state index is 0.0877. The highest BCUT2D eigenvalue weighted by Crippen LogP contribution is 2.35. The van der Waals surface area contributed by atoms with E-state index < -0.39 is 23.7 Å². The minimum atomic E-state index is -4.57. The zero-order chi connectivity index (χ0) is 20.8. The number of anilines is 2. The minimum Gasteiger partial charge on any atom is -0.310 e. The predicted octanol–water partition coefficient (Wildman–Crippen LogP) is 3.28. The third-order valence-electron chi connectivity index (χ3n) is 5.27. The van der Waals surface area contributed by atoms with Crippen LogP contribution in [0.2, 0.25) is 0 Å². The number of pyridine rings is 2. The standard InChI is InChI=1S/C20H19F3N4O2/c1-12-9-14(20(21,22)23)10-17(25-12)27-16(4-5-18(27)28)19(29)26-8-2-3-13-11-24-7-6-15(13)26/h6-7,9-11,16H,2-5,8H2,1H3. The molecule has 0 saturated carbocycles. The second-order valence-electron chi connectivity index (χ2n) is 7.27. The van der Waals surface area contributed by atoms with Gasteiger partial charge in [-0.25, -0.2) is 4.98 Å². The maximum atomic E-state index is 13.3. The summed E-state index contributed by atoms with van der Waals surface area (Å²) in [5.41, 5.74) is 0.926. The van der Waals surface area contributed by atoms with Crippen LogP contribution in [0.15, 0.2) is 30.6 Å². The Morgan fingerprint density at radius 3 is 2.79 bits per heavy atom. The van der Waals surface area contributed by atoms with Gasteiger partial charge in [-0.15, -0.1) is 0 Å². The van der Waals surface area contributed by atoms with E-state index in [0.717, 1.165) is 41.1 Å². The van der Waals surface area contributed by atoms with E-state index in [1.165, 1.54) is 6.92 Å². The lowest BCUT2D eigenvalue weighted by atomic mass is 10.0. The van der Waals surface area contributed by atoms with E-state index in [-0.39, 0.29) is 30.3 Å². The average molecular weight is 404 g/mol. The molecule has 4 heterocycles. The van der Waals surface area contributed by atoms with Crippen LogP contribution in [0.1, 0.15) is 36.1 Å². The van der Waals surface area contributed by atoms with Crippen molar-refractivity contribution < 1.29 is 22.8 Å². The number of aromatic nitrogens is 2. The second-order valence-corrected chi connectivity index (χ2v) is 7.27. The van der Waals surface area contributed by atoms with Gasteiger partial charge in [-0.05, 0) is 49.9 Å². The molecule has 0 radical (unpaired) electrons. The lowest BCUT2D eigenvalue weighted by Gasteiger charge is -2.33. The van der Waals surface area contributed by atoms with Crippen molar-refractivity contribution in [3.63, 3.8) is 0 Å². The molecule has 2 aromatic rings. The summed E-state index contributed by atoms with van der Waals surface area (Å²) in [6.45, 7) is 1.92. The van der Waals surface area contributed by atoms with Gasteiger partial charge in [-0.2, -0.15) is 13.2 Å². The van der Waals surface area contributed by atoms with Gasteiger partial charge in [-0.1, -0.05) is 0 Å². The molecule has 1 fully saturated rings. The lowest BCUT2D eigenvalue weighted by Crippen LogP contribution is -2.49. The van der Waals surface area contributed by atoms with E-state index in [1.807, 2.05) is 0 Å². The van der Waals surface area contributed by atoms with Crippen LogP contribution in [0.25, 0.3) is 0 Å². The molecule has 2 aliphatic heterocycles. The molecule has 2 aromatic heterocycles. The molecule has 0 N–H and O–H groups in total. The van der Waals surface area contributed by atoms with Crippen LogP contribution in [0, 0.1) is 6.92 Å². The molecular weight excluding hydrogens is 385 g/mol. The van der Waals surface area contributed by atoms with Gasteiger partial charge in [0.05, 0.1) is 5.56 Å². The number of amides is 2. The Bertz CT molecular complexity index is 976. The van der Waals surface area contributed by atoms with E-state index in [2.05, 4.69) is 9.97 Å². The second kappa shape index (κ2) is 7.13. The molecule has 152 valence electrons. The third kappa shape index (κ3) is 3.56. The van der Waals surface area contributed by atoms with Crippen LogP contribution >= 0.6 is 0 Å². The summed E-state index contributed by atoms with van der Waals surface area (Å²) in [6, 6.07) is 2.64. The van der Waals surface area contributed by atoms with Crippen molar-refractivity contribution in [2.24, 2.45) is 0 Å². The van der Waals surface area contributed by atoms with Crippen molar-refractivity contribution in [2.45, 2.75) is 44.8 Å². The van der Waals surface area contributed by atoms with E-state index in [1.54, 1.807) is 23.4 Å². The molecule has 9 heteroatoms. The van der Waals surface area contributed by atoms with E-state index in [4.69, 9.17) is 0 Å². The number of carbonyl (C=O) groups excluding carboxylic acids is 2. The molecule has 1 atom stereocenters. The van der Waals surface area contributed by atoms with Crippen LogP contribution in [0.5, 0.6) is 0 Å². The summed E-state index contributed by atoms with van der Waals surface area (Å²) in [7, 11) is 0. The number of hydrogen-bond acceptors (Lipinski definition) is 4. The van der Waals surface area contributed by atoms with Crippen molar-refractivity contribution in [2.75, 3.05) is 16.3 Å². The molecule has 1 saturated heterocycles. The molecule has 29 heavy (non-hydrogen) atoms. The maximum Gasteiger partial charge on any atom is 0.416 e. The molecule has 2 amide bonds. The first-order valence-electron chi connectivity index (χ1n) is 9.38. The zero-order valence-electron chi connectivity index (χ0n) is 15.7. The Labute approximate surface area is 165 Å². The Hall–Kier alpha value is -2.97. The van der Waals surface area contributed by atoms with E-state index in [0.29, 0.717) is 6.54 Å². The van der Waals surface area contributed by atoms with Crippen molar-refractivity contribution in [3.8, 4) is 0 Å². The van der Waals surface area contributed by atoms with Crippen LogP contribution in [-0.2, 0) is 22.2 Å². The van der Waals surface area contributed by atoms with Crippen molar-refractivity contribution in [1.29, 1.82) is 0 Å². The maximum absolute atomic E-state index is 13.3. The number of fused-ring (bicyclic) bond motifs is 1. The van der Waals surface area contributed by atoms with Gasteiger partial charge in [0.1, 0.15) is 11.9 Å². The zero-order valence-corrected chi connectivity index (χ0v) is 15.7. The monoisotopic (exact) mass is 404 g/mol. The Morgan fingerprint density at radius 2 is 2.03 bits per heavy atom. The predicted molar refractivity (Wildman–Crippen MR) is 99.4 cm³/mol. The first kappa shape index (κ1) is 19.4. The highest BCUT2D eigenvalue weighted by Gasteiger charge is 2.42. The van der Waals surface area contributed by atoms with Gasteiger partial charge < -0.3 is 4.90 Å². The average Bonchev–Trinajstić information content (AvgIpc) is 3.07. The van der Waals surface area contributed by atoms with Crippen molar-refractivity contribution in [3.05, 3.63) is 47.4 Å². The molecule has 6 nitrogen and oxygen atoms in total. The van der Waals surface area contributed by atoms with Gasteiger partial charge in [0, 0.05) is 36.7 Å². The largest absolute Gasteiger partial charge is 0.416 e. The SMILES string of the molecule is Cc1cc(C(F)(F)F)cc(N2C(=O)CCC2C(=O)N2CCCc3cnccc32)n1. The number of rotatable bonds is 2. The number of nitrogens with zero attached hydrogens (tertiary/aromatic N) is 4. The quantitative estimate of drug-likeness (QED) is 0.771. The van der Waals surface area contributed by atoms with Crippen LogP contribution in [-0.4, -0.2) is 34.4 Å². The highest BCUT2D eigenvalue weighted by atomic mass is 19.4. The summed E-state index contributed by atoms with van der Waals surface area (Å²) in [6.07, 6.45) is 0.629. The van der Waals surface area contributed by atoms with Crippen LogP contribution in [0.3, 0.4) is 0 Å². The molecule has 0 spiro atoms. The fourth-order valence-corrected chi connectivity index (χ4v) is 3.98. The van der Waals surface area contributed by atoms with Crippen molar-refractivity contribution >= 4 is 23.3 Å². The Balaban J connectivity index is 1.70. The summed E-state index contributed by atoms with van der Waals surface area (Å²) < 4.78 is 39.7. The Kier molecular flexibility index (Phi) is 4.76. The first-order valence-corrected chi connectivity index (χ1v) is 9.38. The third-order valence-corrected chi connectivity index (χ3v) is 5.27. The first-order chi connectivity index (χ1) is 13.8. The van der Waals surface area contributed by atoms with Gasteiger partial charge in [-0.3, -0.25) is 19.5 Å². The smallest absolute Gasteiger partial charge is 0.310 e. The van der Waals surface area contributed by atoms with Gasteiger partial charge >= 0.3 is 6.18 Å². The van der Waals surface area contributed by atoms with Crippen LogP contribution in [0.4, 0.5) is 24.7 Å². The normalized spacial score (nSPS) is 19.4. The molecular formula is C20H19F3N4O2. The molecule has 0 aromatic carbocycles. The fourth-order valence-electron chi connectivity index (χ4n) is 3.98. The molecule has 0 aliphatic carbocycles. The van der Waals surface area contributed by atoms with Gasteiger partial charge in [0.2, 0.25) is 11.8 Å². The number of aryl methyl sites for hydroxylation is 2. The molecule has 0 bridgehead atoms. The Morgan fingerprint density at radius 1 is 1.24 bits per heavy atom. The van der Waals surface area contributed by atoms with Crippen molar-refractivity contribution in [1.82, 2.24) is 9.97 Å². The molecule has 4 rings (SSSR count). The summed E-state index contributed by atoms with van der Waals surface area (Å²) in [5, 5.41) is 0. The van der Waals surface area contributed by atoms with Gasteiger partial charge in [0.25, 0.3) is 0 Å². The molecule has 1 unspecified atom stereocenters. The number of hydrogen-bond donors (Lipinski definition) is 0. The summed E-state index contributed by atoms with van der Waals surface area (Å²) in [5.74, 6) is -0.841. The van der Waals surface area contributed by atoms with Crippen LogP contribution < -0.4 is 9.80 Å². The van der Waals surface area contributed by atoms with E-state index in [9.17, 15) is 22.8 Å². The lowest BCUT2D eigenvalue weighted by molar-refractivity contribution is -0.137. The highest BCUT2D eigenvalue weighted by molar-refractivity contribution is 6.08. The van der Waals surface area contributed by atoms with Gasteiger partial charge in [0.15, 0.2) is 0 Å². The topological polar surface area (TPSA) is 66.4 Å². The summed E-state index contributed by atoms with van der Waals surface area (Å²) >= 11 is 0. The number of alkyl halides is 3. The number of halogens is 3. The summed E-state index contributed by atoms with van der Waals surface area (Å²) in [4.78, 5) is 36.8.